The van der Waals surface area contributed by atoms with Gasteiger partial charge in [0.25, 0.3) is 0 Å². The van der Waals surface area contributed by atoms with Gasteiger partial charge < -0.3 is 4.74 Å². The molecule has 1 aliphatic rings. The van der Waals surface area contributed by atoms with E-state index in [1.54, 1.807) is 31.2 Å². The third-order valence-corrected chi connectivity index (χ3v) is 4.37. The number of carbonyl (C=O) groups is 4. The molecule has 0 saturated carbocycles. The smallest absolute Gasteiger partial charge is 0.339 e. The fraction of sp³-hybridized carbons (Fsp3) is 0.200. The fourth-order valence-electron chi connectivity index (χ4n) is 2.96. The van der Waals surface area contributed by atoms with Gasteiger partial charge >= 0.3 is 17.8 Å². The van der Waals surface area contributed by atoms with Gasteiger partial charge in [0.1, 0.15) is 5.75 Å². The van der Waals surface area contributed by atoms with Crippen LogP contribution >= 0.6 is 0 Å². The first kappa shape index (κ1) is 18.3. The Kier molecular flexibility index (Phi) is 4.77. The molecule has 4 amide bonds. The number of hydrogen-bond acceptors (Lipinski definition) is 5. The topological polar surface area (TPSA) is 84.0 Å². The van der Waals surface area contributed by atoms with Gasteiger partial charge in [0.05, 0.1) is 19.3 Å². The molecular weight excluding hydrogens is 348 g/mol. The highest BCUT2D eigenvalue weighted by molar-refractivity contribution is 6.53. The minimum absolute atomic E-state index is 0.237. The van der Waals surface area contributed by atoms with E-state index >= 15 is 0 Å². The molecular formula is C20H18N2O5. The molecule has 0 unspecified atom stereocenters. The molecule has 0 atom stereocenters. The highest BCUT2D eigenvalue weighted by Crippen LogP contribution is 2.25. The molecule has 138 valence electrons. The average molecular weight is 366 g/mol. The maximum Gasteiger partial charge on any atom is 0.339 e. The second kappa shape index (κ2) is 7.03. The molecule has 7 nitrogen and oxygen atoms in total. The van der Waals surface area contributed by atoms with Crippen LogP contribution < -0.4 is 9.64 Å². The van der Waals surface area contributed by atoms with Gasteiger partial charge in [0.2, 0.25) is 0 Å². The van der Waals surface area contributed by atoms with E-state index in [1.165, 1.54) is 19.2 Å². The van der Waals surface area contributed by atoms with Crippen molar-refractivity contribution in [3.8, 4) is 5.75 Å². The van der Waals surface area contributed by atoms with Gasteiger partial charge in [-0.15, -0.1) is 0 Å². The van der Waals surface area contributed by atoms with Crippen molar-refractivity contribution in [2.75, 3.05) is 18.6 Å². The van der Waals surface area contributed by atoms with Crippen molar-refractivity contribution in [1.82, 2.24) is 4.90 Å². The summed E-state index contributed by atoms with van der Waals surface area (Å²) in [7, 11) is 1.49. The van der Waals surface area contributed by atoms with Crippen LogP contribution in [0.4, 0.5) is 10.5 Å². The van der Waals surface area contributed by atoms with E-state index in [2.05, 4.69) is 0 Å². The number of aryl methyl sites for hydroxylation is 2. The van der Waals surface area contributed by atoms with E-state index in [0.717, 1.165) is 16.0 Å². The molecule has 1 heterocycles. The lowest BCUT2D eigenvalue weighted by atomic mass is 10.0. The molecule has 0 spiro atoms. The highest BCUT2D eigenvalue weighted by Gasteiger charge is 2.46. The number of urea groups is 1. The summed E-state index contributed by atoms with van der Waals surface area (Å²) in [6, 6.07) is 10.6. The summed E-state index contributed by atoms with van der Waals surface area (Å²) in [5.41, 5.74) is 2.40. The zero-order valence-electron chi connectivity index (χ0n) is 15.2. The molecule has 1 aliphatic heterocycles. The van der Waals surface area contributed by atoms with Gasteiger partial charge in [-0.3, -0.25) is 14.4 Å². The summed E-state index contributed by atoms with van der Waals surface area (Å²) in [6.07, 6.45) is 0. The van der Waals surface area contributed by atoms with Crippen LogP contribution in [0.25, 0.3) is 0 Å². The van der Waals surface area contributed by atoms with E-state index < -0.39 is 30.2 Å². The monoisotopic (exact) mass is 366 g/mol. The van der Waals surface area contributed by atoms with Crippen LogP contribution in [0.3, 0.4) is 0 Å². The third-order valence-electron chi connectivity index (χ3n) is 4.37. The fourth-order valence-corrected chi connectivity index (χ4v) is 2.96. The van der Waals surface area contributed by atoms with Crippen LogP contribution in [-0.4, -0.2) is 42.2 Å². The Morgan fingerprint density at radius 1 is 0.963 bits per heavy atom. The third kappa shape index (κ3) is 3.31. The Morgan fingerprint density at radius 3 is 2.22 bits per heavy atom. The van der Waals surface area contributed by atoms with Crippen LogP contribution in [0.1, 0.15) is 21.5 Å². The second-order valence-electron chi connectivity index (χ2n) is 6.25. The largest absolute Gasteiger partial charge is 0.497 e. The van der Waals surface area contributed by atoms with Crippen LogP contribution in [0.15, 0.2) is 42.5 Å². The number of nitrogens with zero attached hydrogens (tertiary/aromatic N) is 2. The van der Waals surface area contributed by atoms with Crippen molar-refractivity contribution in [2.24, 2.45) is 0 Å². The number of carbonyl (C=O) groups excluding carboxylic acids is 4. The number of hydrogen-bond donors (Lipinski definition) is 0. The SMILES string of the molecule is COc1ccc(N2C(=O)C(=O)N(CC(=O)c3ccc(C)cc3C)C2=O)cc1. The number of amides is 4. The van der Waals surface area contributed by atoms with Gasteiger partial charge in [-0.05, 0) is 43.7 Å². The van der Waals surface area contributed by atoms with Crippen molar-refractivity contribution in [3.05, 3.63) is 59.2 Å². The number of benzene rings is 2. The molecule has 0 radical (unpaired) electrons. The first-order valence-electron chi connectivity index (χ1n) is 8.28. The van der Waals surface area contributed by atoms with Crippen molar-refractivity contribution in [1.29, 1.82) is 0 Å². The van der Waals surface area contributed by atoms with Gasteiger partial charge in [0.15, 0.2) is 5.78 Å². The highest BCUT2D eigenvalue weighted by atomic mass is 16.5. The first-order valence-corrected chi connectivity index (χ1v) is 8.28. The molecule has 27 heavy (non-hydrogen) atoms. The molecule has 0 N–H and O–H groups in total. The number of imide groups is 2. The molecule has 3 rings (SSSR count). The van der Waals surface area contributed by atoms with Gasteiger partial charge in [-0.1, -0.05) is 23.8 Å². The second-order valence-corrected chi connectivity index (χ2v) is 6.25. The van der Waals surface area contributed by atoms with Crippen molar-refractivity contribution < 1.29 is 23.9 Å². The zero-order valence-corrected chi connectivity index (χ0v) is 15.2. The Labute approximate surface area is 156 Å². The summed E-state index contributed by atoms with van der Waals surface area (Å²) in [4.78, 5) is 51.2. The minimum Gasteiger partial charge on any atom is -0.497 e. The lowest BCUT2D eigenvalue weighted by molar-refractivity contribution is -0.139. The molecule has 0 aromatic heterocycles. The van der Waals surface area contributed by atoms with E-state index in [1.807, 2.05) is 13.0 Å². The molecule has 7 heteroatoms. The summed E-state index contributed by atoms with van der Waals surface area (Å²) in [6.45, 7) is 3.20. The maximum atomic E-state index is 12.6. The Bertz CT molecular complexity index is 949. The summed E-state index contributed by atoms with van der Waals surface area (Å²) >= 11 is 0. The molecule has 1 saturated heterocycles. The Balaban J connectivity index is 1.84. The average Bonchev–Trinajstić information content (AvgIpc) is 2.85. The van der Waals surface area contributed by atoms with Crippen molar-refractivity contribution in [2.45, 2.75) is 13.8 Å². The standard InChI is InChI=1S/C20H18N2O5/c1-12-4-9-16(13(2)10-12)17(23)11-21-18(24)19(25)22(20(21)26)14-5-7-15(27-3)8-6-14/h4-10H,11H2,1-3H3. The van der Waals surface area contributed by atoms with E-state index in [-0.39, 0.29) is 5.69 Å². The first-order chi connectivity index (χ1) is 12.8. The van der Waals surface area contributed by atoms with Crippen molar-refractivity contribution in [3.63, 3.8) is 0 Å². The number of anilines is 1. The number of ketones is 1. The molecule has 0 aliphatic carbocycles. The van der Waals surface area contributed by atoms with Crippen LogP contribution in [-0.2, 0) is 9.59 Å². The number of ether oxygens (including phenoxy) is 1. The predicted octanol–water partition coefficient (Wildman–Crippen LogP) is 2.49. The number of Topliss-reactive ketones (excluding diaryl/α,β-unsaturated/α-hetero) is 1. The predicted molar refractivity (Wildman–Crippen MR) is 97.8 cm³/mol. The zero-order chi connectivity index (χ0) is 19.7. The quantitative estimate of drug-likeness (QED) is 0.461. The maximum absolute atomic E-state index is 12.6. The van der Waals surface area contributed by atoms with Gasteiger partial charge in [-0.2, -0.15) is 0 Å². The van der Waals surface area contributed by atoms with Crippen molar-refractivity contribution >= 4 is 29.3 Å². The summed E-state index contributed by atoms with van der Waals surface area (Å²) in [5.74, 6) is -1.86. The Hall–Kier alpha value is -3.48. The molecule has 1 fully saturated rings. The van der Waals surface area contributed by atoms with Gasteiger partial charge in [-0.25, -0.2) is 14.6 Å². The Morgan fingerprint density at radius 2 is 1.63 bits per heavy atom. The van der Waals surface area contributed by atoms with E-state index in [0.29, 0.717) is 16.2 Å². The van der Waals surface area contributed by atoms with Crippen LogP contribution in [0.2, 0.25) is 0 Å². The normalized spacial score (nSPS) is 14.1. The van der Waals surface area contributed by atoms with Crippen LogP contribution in [0, 0.1) is 13.8 Å². The molecule has 0 bridgehead atoms. The lowest BCUT2D eigenvalue weighted by Gasteiger charge is -2.16. The molecule has 2 aromatic rings. The van der Waals surface area contributed by atoms with Crippen LogP contribution in [0.5, 0.6) is 5.75 Å². The minimum atomic E-state index is -1.02. The summed E-state index contributed by atoms with van der Waals surface area (Å²) in [5, 5.41) is 0. The number of rotatable bonds is 5. The number of methoxy groups -OCH3 is 1. The van der Waals surface area contributed by atoms with E-state index in [4.69, 9.17) is 4.74 Å². The van der Waals surface area contributed by atoms with Gasteiger partial charge in [0, 0.05) is 5.56 Å². The molecule has 2 aromatic carbocycles. The summed E-state index contributed by atoms with van der Waals surface area (Å²) < 4.78 is 5.04. The lowest BCUT2D eigenvalue weighted by Crippen LogP contribution is -2.37. The van der Waals surface area contributed by atoms with E-state index in [9.17, 15) is 19.2 Å².